The van der Waals surface area contributed by atoms with E-state index in [2.05, 4.69) is 5.32 Å². The third-order valence-electron chi connectivity index (χ3n) is 2.95. The molecule has 0 heterocycles. The van der Waals surface area contributed by atoms with E-state index in [9.17, 15) is 9.59 Å². The van der Waals surface area contributed by atoms with Crippen LogP contribution in [0.3, 0.4) is 0 Å². The van der Waals surface area contributed by atoms with E-state index >= 15 is 0 Å². The lowest BCUT2D eigenvalue weighted by Crippen LogP contribution is -2.19. The Labute approximate surface area is 122 Å². The molecule has 0 aromatic heterocycles. The van der Waals surface area contributed by atoms with E-state index in [1.165, 1.54) is 0 Å². The minimum absolute atomic E-state index is 0.171. The topological polar surface area (TPSA) is 81.4 Å². The molecule has 0 spiro atoms. The molecular formula is C16H15N2O3. The van der Waals surface area contributed by atoms with Crippen LogP contribution in [0.5, 0.6) is 5.75 Å². The summed E-state index contributed by atoms with van der Waals surface area (Å²) in [6.07, 6.45) is 1.57. The van der Waals surface area contributed by atoms with Crippen LogP contribution in [-0.4, -0.2) is 12.3 Å². The van der Waals surface area contributed by atoms with Gasteiger partial charge in [0.05, 0.1) is 5.56 Å². The minimum Gasteiger partial charge on any atom is -0.488 e. The maximum Gasteiger partial charge on any atom is 0.309 e. The molecule has 0 atom stereocenters. The molecule has 0 bridgehead atoms. The Kier molecular flexibility index (Phi) is 4.93. The molecule has 3 N–H and O–H groups in total. The fraction of sp³-hybridized carbons (Fsp3) is 0.125. The van der Waals surface area contributed by atoms with Crippen LogP contribution in [0.4, 0.5) is 0 Å². The first-order chi connectivity index (χ1) is 10.2. The minimum atomic E-state index is -0.596. The Morgan fingerprint density at radius 1 is 1.14 bits per heavy atom. The molecule has 0 aliphatic rings. The number of nitrogens with one attached hydrogen (secondary N) is 1. The van der Waals surface area contributed by atoms with Crippen molar-refractivity contribution in [3.05, 3.63) is 65.2 Å². The number of carbonyl (C=O) groups excluding carboxylic acids is 2. The number of hydrogen-bond acceptors (Lipinski definition) is 3. The van der Waals surface area contributed by atoms with Gasteiger partial charge in [0.1, 0.15) is 12.4 Å². The van der Waals surface area contributed by atoms with Crippen LogP contribution in [0, 0.1) is 0 Å². The molecule has 2 aromatic carbocycles. The van der Waals surface area contributed by atoms with Crippen molar-refractivity contribution in [2.24, 2.45) is 5.73 Å². The molecule has 2 aromatic rings. The lowest BCUT2D eigenvalue weighted by molar-refractivity contribution is 0.0995. The van der Waals surface area contributed by atoms with Gasteiger partial charge in [0, 0.05) is 6.54 Å². The summed E-state index contributed by atoms with van der Waals surface area (Å²) in [5.41, 5.74) is 7.26. The fourth-order valence-electron chi connectivity index (χ4n) is 1.99. The summed E-state index contributed by atoms with van der Waals surface area (Å²) in [5, 5.41) is 2.39. The van der Waals surface area contributed by atoms with Gasteiger partial charge in [-0.15, -0.1) is 0 Å². The van der Waals surface area contributed by atoms with Crippen LogP contribution >= 0.6 is 0 Å². The summed E-state index contributed by atoms with van der Waals surface area (Å²) >= 11 is 0. The lowest BCUT2D eigenvalue weighted by Gasteiger charge is -2.13. The molecule has 0 unspecified atom stereocenters. The van der Waals surface area contributed by atoms with Gasteiger partial charge in [-0.2, -0.15) is 0 Å². The number of rotatable bonds is 7. The summed E-state index contributed by atoms with van der Waals surface area (Å²) in [5.74, 6) is -0.196. The molecule has 0 fully saturated rings. The largest absolute Gasteiger partial charge is 0.488 e. The average molecular weight is 283 g/mol. The summed E-state index contributed by atoms with van der Waals surface area (Å²) in [4.78, 5) is 21.9. The highest BCUT2D eigenvalue weighted by Crippen LogP contribution is 2.23. The lowest BCUT2D eigenvalue weighted by atomic mass is 10.1. The first-order valence-electron chi connectivity index (χ1n) is 6.41. The van der Waals surface area contributed by atoms with Gasteiger partial charge in [0.15, 0.2) is 0 Å². The Balaban J connectivity index is 2.21. The third-order valence-corrected chi connectivity index (χ3v) is 2.95. The van der Waals surface area contributed by atoms with Gasteiger partial charge in [0.25, 0.3) is 5.91 Å². The molecule has 2 amide bonds. The van der Waals surface area contributed by atoms with Crippen molar-refractivity contribution in [3.8, 4) is 5.75 Å². The zero-order valence-electron chi connectivity index (χ0n) is 11.3. The highest BCUT2D eigenvalue weighted by molar-refractivity contribution is 5.97. The predicted molar refractivity (Wildman–Crippen MR) is 78.3 cm³/mol. The summed E-state index contributed by atoms with van der Waals surface area (Å²) < 4.78 is 5.68. The van der Waals surface area contributed by atoms with Crippen molar-refractivity contribution in [1.29, 1.82) is 0 Å². The quantitative estimate of drug-likeness (QED) is 0.756. The zero-order chi connectivity index (χ0) is 15.1. The van der Waals surface area contributed by atoms with E-state index in [1.807, 2.05) is 30.3 Å². The molecule has 0 saturated carbocycles. The Hall–Kier alpha value is -2.82. The highest BCUT2D eigenvalue weighted by atomic mass is 16.5. The molecule has 1 radical (unpaired) electrons. The normalized spacial score (nSPS) is 9.90. The van der Waals surface area contributed by atoms with Crippen molar-refractivity contribution in [2.45, 2.75) is 13.2 Å². The van der Waals surface area contributed by atoms with Crippen LogP contribution in [0.2, 0.25) is 0 Å². The van der Waals surface area contributed by atoms with E-state index in [-0.39, 0.29) is 12.1 Å². The fourth-order valence-corrected chi connectivity index (χ4v) is 1.99. The van der Waals surface area contributed by atoms with Gasteiger partial charge in [-0.1, -0.05) is 42.5 Å². The van der Waals surface area contributed by atoms with Crippen LogP contribution < -0.4 is 15.8 Å². The summed E-state index contributed by atoms with van der Waals surface area (Å²) in [7, 11) is 0. The number of carbonyl (C=O) groups is 1. The third kappa shape index (κ3) is 3.82. The van der Waals surface area contributed by atoms with E-state index < -0.39 is 5.91 Å². The molecule has 0 saturated heterocycles. The van der Waals surface area contributed by atoms with Gasteiger partial charge < -0.3 is 15.8 Å². The SMILES string of the molecule is NC(=O)c1c(CN[C]=O)cccc1OCc1ccccc1. The van der Waals surface area contributed by atoms with Crippen molar-refractivity contribution in [3.63, 3.8) is 0 Å². The highest BCUT2D eigenvalue weighted by Gasteiger charge is 2.14. The van der Waals surface area contributed by atoms with E-state index in [0.29, 0.717) is 17.9 Å². The van der Waals surface area contributed by atoms with Crippen molar-refractivity contribution < 1.29 is 14.3 Å². The van der Waals surface area contributed by atoms with Gasteiger partial charge in [0.2, 0.25) is 0 Å². The summed E-state index contributed by atoms with van der Waals surface area (Å²) in [6.45, 7) is 0.502. The average Bonchev–Trinajstić information content (AvgIpc) is 2.51. The van der Waals surface area contributed by atoms with Crippen molar-refractivity contribution in [2.75, 3.05) is 0 Å². The number of nitrogens with two attached hydrogens (primary N) is 1. The van der Waals surface area contributed by atoms with Gasteiger partial charge in [-0.25, -0.2) is 0 Å². The van der Waals surface area contributed by atoms with E-state index in [0.717, 1.165) is 5.56 Å². The van der Waals surface area contributed by atoms with Crippen LogP contribution in [0.15, 0.2) is 48.5 Å². The number of amides is 2. The monoisotopic (exact) mass is 283 g/mol. The summed E-state index contributed by atoms with van der Waals surface area (Å²) in [6, 6.07) is 14.7. The number of primary amides is 1. The Morgan fingerprint density at radius 2 is 1.90 bits per heavy atom. The van der Waals surface area contributed by atoms with Crippen LogP contribution in [0.25, 0.3) is 0 Å². The van der Waals surface area contributed by atoms with Gasteiger partial charge >= 0.3 is 6.41 Å². The van der Waals surface area contributed by atoms with Gasteiger partial charge in [-0.3, -0.25) is 9.59 Å². The predicted octanol–water partition coefficient (Wildman–Crippen LogP) is 1.52. The van der Waals surface area contributed by atoms with Crippen LogP contribution in [0.1, 0.15) is 21.5 Å². The maximum atomic E-state index is 11.6. The first-order valence-corrected chi connectivity index (χ1v) is 6.41. The van der Waals surface area contributed by atoms with E-state index in [4.69, 9.17) is 10.5 Å². The molecule has 5 heteroatoms. The molecular weight excluding hydrogens is 268 g/mol. The molecule has 21 heavy (non-hydrogen) atoms. The molecule has 2 rings (SSSR count). The van der Waals surface area contributed by atoms with Crippen LogP contribution in [-0.2, 0) is 17.9 Å². The molecule has 107 valence electrons. The van der Waals surface area contributed by atoms with Crippen molar-refractivity contribution in [1.82, 2.24) is 5.32 Å². The van der Waals surface area contributed by atoms with Crippen molar-refractivity contribution >= 4 is 12.3 Å². The standard InChI is InChI=1S/C16H15N2O3/c17-16(20)15-13(9-18-11-19)7-4-8-14(15)21-10-12-5-2-1-3-6-12/h1-8H,9-10H2,(H2,17,20)(H,18,19). The number of ether oxygens (including phenoxy) is 1. The Morgan fingerprint density at radius 3 is 2.57 bits per heavy atom. The first kappa shape index (κ1) is 14.6. The second-order valence-corrected chi connectivity index (χ2v) is 4.38. The molecule has 0 aliphatic heterocycles. The second-order valence-electron chi connectivity index (χ2n) is 4.38. The van der Waals surface area contributed by atoms with E-state index in [1.54, 1.807) is 24.6 Å². The smallest absolute Gasteiger partial charge is 0.309 e. The maximum absolute atomic E-state index is 11.6. The van der Waals surface area contributed by atoms with Gasteiger partial charge in [-0.05, 0) is 17.2 Å². The Bertz CT molecular complexity index is 627. The molecule has 0 aliphatic carbocycles. The number of hydrogen-bond donors (Lipinski definition) is 2. The molecule has 5 nitrogen and oxygen atoms in total. The zero-order valence-corrected chi connectivity index (χ0v) is 11.3. The second kappa shape index (κ2) is 7.09. The number of benzene rings is 2.